The van der Waals surface area contributed by atoms with Crippen LogP contribution in [0.4, 0.5) is 0 Å². The molecule has 0 aliphatic carbocycles. The molecule has 0 aromatic rings. The van der Waals surface area contributed by atoms with Crippen LogP contribution in [-0.4, -0.2) is 194 Å². The summed E-state index contributed by atoms with van der Waals surface area (Å²) in [5.74, 6) is -6.62. The Morgan fingerprint density at radius 3 is 1.01 bits per heavy atom. The molecule has 0 atom stereocenters. The molecule has 5 N–H and O–H groups in total. The van der Waals surface area contributed by atoms with Crippen LogP contribution in [0.2, 0.25) is 0 Å². The Morgan fingerprint density at radius 1 is 0.435 bits per heavy atom. The maximum atomic E-state index is 12.2. The Labute approximate surface area is 405 Å². The second-order valence-corrected chi connectivity index (χ2v) is 14.6. The van der Waals surface area contributed by atoms with E-state index in [-0.39, 0.29) is 72.7 Å². The molecular formula is C45H81NO23. The molecule has 0 heterocycles. The molecule has 24 nitrogen and oxygen atoms in total. The average molecular weight is 1000 g/mol. The second kappa shape index (κ2) is 45.4. The minimum Gasteiger partial charge on any atom is -0.466 e. The fourth-order valence-electron chi connectivity index (χ4n) is 4.80. The molecule has 0 radical (unpaired) electrons. The number of hydrogen-bond acceptors (Lipinski definition) is 24. The van der Waals surface area contributed by atoms with E-state index in [1.165, 1.54) is 20.8 Å². The summed E-state index contributed by atoms with van der Waals surface area (Å²) in [5.41, 5.74) is -4.52. The Bertz CT molecular complexity index is 1360. The summed E-state index contributed by atoms with van der Waals surface area (Å²) < 4.78 is 42.9. The molecule has 0 aliphatic heterocycles. The van der Waals surface area contributed by atoms with Gasteiger partial charge in [-0.3, -0.25) is 38.5 Å². The normalized spacial score (nSPS) is 10.6. The van der Waals surface area contributed by atoms with Crippen molar-refractivity contribution in [2.75, 3.05) is 92.3 Å². The minimum absolute atomic E-state index is 0.0206. The van der Waals surface area contributed by atoms with Crippen molar-refractivity contribution in [1.29, 1.82) is 0 Å². The molecule has 0 saturated heterocycles. The Morgan fingerprint density at radius 2 is 0.739 bits per heavy atom. The maximum Gasteiger partial charge on any atom is 0.339 e. The third-order valence-electron chi connectivity index (χ3n) is 8.17. The molecule has 0 unspecified atom stereocenters. The lowest BCUT2D eigenvalue weighted by molar-refractivity contribution is -0.178. The predicted octanol–water partition coefficient (Wildman–Crippen LogP) is 1.02. The molecule has 0 fully saturated rings. The fraction of sp³-hybridized carbons (Fsp3) is 0.800. The number of hydrogen-bond donors (Lipinski definition) is 5. The summed E-state index contributed by atoms with van der Waals surface area (Å²) in [6.07, 6.45) is 1.17. The number of nitrogens with zero attached hydrogens (tertiary/aromatic N) is 1. The van der Waals surface area contributed by atoms with E-state index < -0.39 is 96.7 Å². The largest absolute Gasteiger partial charge is 0.466 e. The van der Waals surface area contributed by atoms with E-state index in [2.05, 4.69) is 23.7 Å². The third-order valence-corrected chi connectivity index (χ3v) is 8.17. The molecule has 404 valence electrons. The number of aliphatic hydroxyl groups excluding tert-OH is 3. The van der Waals surface area contributed by atoms with Gasteiger partial charge in [-0.1, -0.05) is 40.0 Å². The van der Waals surface area contributed by atoms with E-state index in [1.807, 2.05) is 20.8 Å². The van der Waals surface area contributed by atoms with Gasteiger partial charge in [0.25, 0.3) is 0 Å². The van der Waals surface area contributed by atoms with E-state index in [9.17, 15) is 53.4 Å². The van der Waals surface area contributed by atoms with Gasteiger partial charge in [-0.05, 0) is 40.0 Å². The van der Waals surface area contributed by atoms with Crippen LogP contribution in [0.15, 0.2) is 0 Å². The van der Waals surface area contributed by atoms with Crippen LogP contribution in [-0.2, 0) is 85.8 Å². The van der Waals surface area contributed by atoms with Crippen molar-refractivity contribution in [1.82, 2.24) is 4.90 Å². The molecule has 0 amide bonds. The van der Waals surface area contributed by atoms with Gasteiger partial charge in [0.2, 0.25) is 0 Å². The highest BCUT2D eigenvalue weighted by Crippen LogP contribution is 2.21. The lowest BCUT2D eigenvalue weighted by Gasteiger charge is -2.24. The number of rotatable bonds is 33. The van der Waals surface area contributed by atoms with Crippen molar-refractivity contribution in [2.45, 2.75) is 144 Å². The summed E-state index contributed by atoms with van der Waals surface area (Å²) in [6.45, 7) is 16.5. The van der Waals surface area contributed by atoms with Crippen LogP contribution in [0.1, 0.15) is 127 Å². The first-order valence-electron chi connectivity index (χ1n) is 23.0. The van der Waals surface area contributed by atoms with E-state index >= 15 is 0 Å². The number of esters is 9. The van der Waals surface area contributed by atoms with Crippen LogP contribution in [0.5, 0.6) is 0 Å². The van der Waals surface area contributed by atoms with Crippen LogP contribution in [0.25, 0.3) is 0 Å². The smallest absolute Gasteiger partial charge is 0.339 e. The van der Waals surface area contributed by atoms with Gasteiger partial charge in [-0.15, -0.1) is 0 Å². The summed E-state index contributed by atoms with van der Waals surface area (Å²) in [7, 11) is 0. The molecule has 0 saturated carbocycles. The molecule has 24 heteroatoms. The van der Waals surface area contributed by atoms with Crippen molar-refractivity contribution in [3.8, 4) is 0 Å². The van der Waals surface area contributed by atoms with Crippen molar-refractivity contribution in [2.24, 2.45) is 0 Å². The zero-order valence-electron chi connectivity index (χ0n) is 42.1. The number of unbranched alkanes of at least 4 members (excludes halogenated alkanes) is 3. The molecule has 0 aliphatic rings. The summed E-state index contributed by atoms with van der Waals surface area (Å²) in [4.78, 5) is 104. The highest BCUT2D eigenvalue weighted by molar-refractivity contribution is 5.91. The van der Waals surface area contributed by atoms with E-state index in [0.29, 0.717) is 38.9 Å². The molecule has 0 spiro atoms. The van der Waals surface area contributed by atoms with Gasteiger partial charge in [0, 0.05) is 40.4 Å². The minimum atomic E-state index is -2.26. The fourth-order valence-corrected chi connectivity index (χ4v) is 4.80. The lowest BCUT2D eigenvalue weighted by atomic mass is 9.95. The van der Waals surface area contributed by atoms with Gasteiger partial charge < -0.3 is 68.2 Å². The van der Waals surface area contributed by atoms with E-state index in [4.69, 9.17) is 34.3 Å². The van der Waals surface area contributed by atoms with Crippen molar-refractivity contribution < 1.29 is 111 Å². The van der Waals surface area contributed by atoms with E-state index in [0.717, 1.165) is 19.3 Å². The molecule has 69 heavy (non-hydrogen) atoms. The average Bonchev–Trinajstić information content (AvgIpc) is 3.25. The monoisotopic (exact) mass is 1000 g/mol. The van der Waals surface area contributed by atoms with Gasteiger partial charge in [0.15, 0.2) is 17.3 Å². The molecule has 0 aromatic carbocycles. The summed E-state index contributed by atoms with van der Waals surface area (Å²) in [6, 6.07) is 0. The molecule has 0 bridgehead atoms. The van der Waals surface area contributed by atoms with Crippen LogP contribution < -0.4 is 0 Å². The van der Waals surface area contributed by atoms with Crippen LogP contribution >= 0.6 is 0 Å². The lowest BCUT2D eigenvalue weighted by Crippen LogP contribution is -2.45. The first kappa shape index (κ1) is 70.6. The van der Waals surface area contributed by atoms with Crippen LogP contribution in [0.3, 0.4) is 0 Å². The van der Waals surface area contributed by atoms with Gasteiger partial charge in [0.05, 0.1) is 85.1 Å². The number of aliphatic hydroxyl groups is 5. The maximum absolute atomic E-state index is 12.2. The zero-order valence-corrected chi connectivity index (χ0v) is 42.1. The van der Waals surface area contributed by atoms with Gasteiger partial charge in [-0.25, -0.2) is 9.59 Å². The molecular weight excluding hydrogens is 922 g/mol. The SMILES string of the molecule is CC(=O)OCC(COC(C)=O)OC(C)=O.CCCCOC(=O)CC(O)(CC(=O)OCCCC)C(=O)OCCCC.CCOC(=O)CC(O)(CC(=O)OCC)C(=O)OCC.OCCN(CCO)CCO. The van der Waals surface area contributed by atoms with Gasteiger partial charge >= 0.3 is 53.7 Å². The van der Waals surface area contributed by atoms with Crippen molar-refractivity contribution in [3.05, 3.63) is 0 Å². The van der Waals surface area contributed by atoms with Crippen LogP contribution in [0, 0.1) is 0 Å². The molecule has 0 aromatic heterocycles. The first-order chi connectivity index (χ1) is 32.5. The van der Waals surface area contributed by atoms with Gasteiger partial charge in [-0.2, -0.15) is 0 Å². The number of carbonyl (C=O) groups is 9. The predicted molar refractivity (Wildman–Crippen MR) is 242 cm³/mol. The summed E-state index contributed by atoms with van der Waals surface area (Å²) in [5, 5.41) is 46.1. The topological polar surface area (TPSA) is 341 Å². The quantitative estimate of drug-likeness (QED) is 0.0348. The molecule has 0 rings (SSSR count). The highest BCUT2D eigenvalue weighted by Gasteiger charge is 2.44. The van der Waals surface area contributed by atoms with Crippen molar-refractivity contribution in [3.63, 3.8) is 0 Å². The third kappa shape index (κ3) is 42.8. The second-order valence-electron chi connectivity index (χ2n) is 14.6. The van der Waals surface area contributed by atoms with Gasteiger partial charge in [0.1, 0.15) is 13.2 Å². The zero-order chi connectivity index (χ0) is 53.7. The number of carbonyl (C=O) groups excluding carboxylic acids is 9. The summed E-state index contributed by atoms with van der Waals surface area (Å²) >= 11 is 0. The Hall–Kier alpha value is -5.01. The number of ether oxygens (including phenoxy) is 9. The standard InChI is InChI=1S/C18H32O7.C12H20O7.C9H14O6.C6H15NO3/c1-4-7-10-23-15(19)13-18(22,17(21)25-12-9-6-3)14-16(20)24-11-8-5-2;1-4-17-9(13)7-12(16,11(15)19-6-3)8-10(14)18-5-2;1-6(10)13-4-9(15-8(3)12)5-14-7(2)11;8-4-1-7(2-5-9)3-6-10/h22H,4-14H2,1-3H3;16H,4-8H2,1-3H3;9H,4-5H2,1-3H3;8-10H,1-6H2. The van der Waals surface area contributed by atoms with Crippen molar-refractivity contribution >= 4 is 53.7 Å². The Balaban J connectivity index is -0.000000428. The first-order valence-corrected chi connectivity index (χ1v) is 23.0. The Kier molecular flexibility index (Phi) is 46.5. The highest BCUT2D eigenvalue weighted by atomic mass is 16.6. The van der Waals surface area contributed by atoms with E-state index in [1.54, 1.807) is 25.7 Å².